The van der Waals surface area contributed by atoms with Crippen molar-refractivity contribution >= 4 is 0 Å². The van der Waals surface area contributed by atoms with E-state index < -0.39 is 0 Å². The number of piperidine rings is 1. The highest BCUT2D eigenvalue weighted by Gasteiger charge is 2.32. The zero-order valence-electron chi connectivity index (χ0n) is 7.71. The average Bonchev–Trinajstić information content (AvgIpc) is 2.10. The molecule has 12 heavy (non-hydrogen) atoms. The zero-order chi connectivity index (χ0) is 9.03. The molecule has 1 rings (SSSR count). The Morgan fingerprint density at radius 2 is 2.08 bits per heavy atom. The van der Waals surface area contributed by atoms with E-state index >= 15 is 0 Å². The van der Waals surface area contributed by atoms with E-state index in [2.05, 4.69) is 17.4 Å². The zero-order valence-corrected chi connectivity index (χ0v) is 7.71. The highest BCUT2D eigenvalue weighted by molar-refractivity contribution is 4.85. The summed E-state index contributed by atoms with van der Waals surface area (Å²) in [7, 11) is 2.11. The second-order valence-corrected chi connectivity index (χ2v) is 3.84. The van der Waals surface area contributed by atoms with Gasteiger partial charge in [-0.2, -0.15) is 0 Å². The van der Waals surface area contributed by atoms with E-state index in [9.17, 15) is 5.11 Å². The summed E-state index contributed by atoms with van der Waals surface area (Å²) in [6, 6.07) is 0. The van der Waals surface area contributed by atoms with Crippen molar-refractivity contribution in [2.24, 2.45) is 11.3 Å². The molecule has 0 unspecified atom stereocenters. The first-order chi connectivity index (χ1) is 5.72. The van der Waals surface area contributed by atoms with Crippen molar-refractivity contribution < 1.29 is 5.11 Å². The predicted molar refractivity (Wildman–Crippen MR) is 48.4 cm³/mol. The fourth-order valence-corrected chi connectivity index (χ4v) is 1.70. The average molecular weight is 173 g/mol. The van der Waals surface area contributed by atoms with Gasteiger partial charge in [-0.15, -0.1) is 0 Å². The van der Waals surface area contributed by atoms with Gasteiger partial charge in [-0.1, -0.05) is 0 Å². The topological polar surface area (TPSA) is 61.5 Å². The summed E-state index contributed by atoms with van der Waals surface area (Å²) in [5.74, 6) is 5.28. The molecule has 0 bridgehead atoms. The van der Waals surface area contributed by atoms with Crippen molar-refractivity contribution in [3.05, 3.63) is 0 Å². The SMILES string of the molecule is CN1CCC(CO)(CNN)CC1. The van der Waals surface area contributed by atoms with Crippen molar-refractivity contribution in [3.8, 4) is 0 Å². The summed E-state index contributed by atoms with van der Waals surface area (Å²) in [5.41, 5.74) is 2.69. The van der Waals surface area contributed by atoms with Crippen molar-refractivity contribution in [3.63, 3.8) is 0 Å². The maximum atomic E-state index is 9.24. The second kappa shape index (κ2) is 4.18. The molecule has 0 aromatic rings. The first-order valence-corrected chi connectivity index (χ1v) is 4.45. The third-order valence-corrected chi connectivity index (χ3v) is 2.86. The molecular weight excluding hydrogens is 154 g/mol. The fraction of sp³-hybridized carbons (Fsp3) is 1.00. The maximum Gasteiger partial charge on any atom is 0.0501 e. The monoisotopic (exact) mass is 173 g/mol. The van der Waals surface area contributed by atoms with Gasteiger partial charge in [0, 0.05) is 12.0 Å². The van der Waals surface area contributed by atoms with Gasteiger partial charge in [0.1, 0.15) is 0 Å². The molecule has 0 atom stereocenters. The maximum absolute atomic E-state index is 9.24. The molecule has 1 saturated heterocycles. The molecule has 0 saturated carbocycles. The number of hydrogen-bond acceptors (Lipinski definition) is 4. The molecule has 1 fully saturated rings. The quantitative estimate of drug-likeness (QED) is 0.384. The van der Waals surface area contributed by atoms with Crippen LogP contribution in [0.3, 0.4) is 0 Å². The molecule has 0 aromatic carbocycles. The number of nitrogens with two attached hydrogens (primary N) is 1. The number of rotatable bonds is 3. The van der Waals surface area contributed by atoms with E-state index in [-0.39, 0.29) is 12.0 Å². The molecule has 4 nitrogen and oxygen atoms in total. The Morgan fingerprint density at radius 1 is 1.50 bits per heavy atom. The molecule has 0 aromatic heterocycles. The molecule has 1 aliphatic heterocycles. The molecule has 72 valence electrons. The Morgan fingerprint density at radius 3 is 2.50 bits per heavy atom. The molecule has 4 N–H and O–H groups in total. The number of nitrogens with one attached hydrogen (secondary N) is 1. The van der Waals surface area contributed by atoms with Crippen molar-refractivity contribution in [1.29, 1.82) is 0 Å². The van der Waals surface area contributed by atoms with Crippen LogP contribution in [0.15, 0.2) is 0 Å². The number of likely N-dealkylation sites (tertiary alicyclic amines) is 1. The van der Waals surface area contributed by atoms with Crippen molar-refractivity contribution in [2.45, 2.75) is 12.8 Å². The first-order valence-electron chi connectivity index (χ1n) is 4.45. The van der Waals surface area contributed by atoms with Gasteiger partial charge in [0.25, 0.3) is 0 Å². The molecule has 0 radical (unpaired) electrons. The van der Waals surface area contributed by atoms with E-state index in [1.165, 1.54) is 0 Å². The van der Waals surface area contributed by atoms with Crippen LogP contribution in [0.25, 0.3) is 0 Å². The normalized spacial score (nSPS) is 24.2. The van der Waals surface area contributed by atoms with Crippen LogP contribution in [0.2, 0.25) is 0 Å². The Labute approximate surface area is 73.7 Å². The largest absolute Gasteiger partial charge is 0.396 e. The minimum absolute atomic E-state index is 0.0290. The van der Waals surface area contributed by atoms with Gasteiger partial charge in [0.15, 0.2) is 0 Å². The highest BCUT2D eigenvalue weighted by Crippen LogP contribution is 2.29. The summed E-state index contributed by atoms with van der Waals surface area (Å²) < 4.78 is 0. The van der Waals surface area contributed by atoms with Gasteiger partial charge in [-0.25, -0.2) is 0 Å². The smallest absolute Gasteiger partial charge is 0.0501 e. The molecule has 0 aliphatic carbocycles. The summed E-state index contributed by atoms with van der Waals surface area (Å²) in [6.45, 7) is 3.08. The van der Waals surface area contributed by atoms with Crippen LogP contribution in [0.5, 0.6) is 0 Å². The van der Waals surface area contributed by atoms with Crippen LogP contribution in [0.4, 0.5) is 0 Å². The van der Waals surface area contributed by atoms with Gasteiger partial charge >= 0.3 is 0 Å². The van der Waals surface area contributed by atoms with E-state index in [0.29, 0.717) is 0 Å². The summed E-state index contributed by atoms with van der Waals surface area (Å²) in [5, 5.41) is 9.24. The van der Waals surface area contributed by atoms with E-state index in [0.717, 1.165) is 32.5 Å². The lowest BCUT2D eigenvalue weighted by atomic mass is 9.79. The predicted octanol–water partition coefficient (Wildman–Crippen LogP) is -0.846. The van der Waals surface area contributed by atoms with Gasteiger partial charge in [0.05, 0.1) is 6.61 Å². The van der Waals surface area contributed by atoms with Gasteiger partial charge in [-0.3, -0.25) is 11.3 Å². The summed E-state index contributed by atoms with van der Waals surface area (Å²) in [4.78, 5) is 2.28. The van der Waals surface area contributed by atoms with Crippen LogP contribution in [-0.2, 0) is 0 Å². The molecule has 4 heteroatoms. The molecule has 1 heterocycles. The lowest BCUT2D eigenvalue weighted by Crippen LogP contribution is -2.47. The lowest BCUT2D eigenvalue weighted by molar-refractivity contribution is 0.0531. The molecule has 1 aliphatic rings. The highest BCUT2D eigenvalue weighted by atomic mass is 16.3. The Bertz CT molecular complexity index is 132. The van der Waals surface area contributed by atoms with E-state index in [1.54, 1.807) is 0 Å². The van der Waals surface area contributed by atoms with Crippen LogP contribution in [0, 0.1) is 5.41 Å². The molecular formula is C8H19N3O. The Hall–Kier alpha value is -0.160. The van der Waals surface area contributed by atoms with Crippen LogP contribution < -0.4 is 11.3 Å². The third-order valence-electron chi connectivity index (χ3n) is 2.86. The minimum atomic E-state index is 0.0290. The number of aliphatic hydroxyl groups is 1. The standard InChI is InChI=1S/C8H19N3O/c1-11-4-2-8(7-12,3-5-11)6-10-9/h10,12H,2-7,9H2,1H3. The first kappa shape index (κ1) is 9.92. The van der Waals surface area contributed by atoms with Crippen LogP contribution in [-0.4, -0.2) is 43.3 Å². The van der Waals surface area contributed by atoms with Gasteiger partial charge in [-0.05, 0) is 33.0 Å². The minimum Gasteiger partial charge on any atom is -0.396 e. The van der Waals surface area contributed by atoms with Crippen LogP contribution >= 0.6 is 0 Å². The molecule has 0 spiro atoms. The third kappa shape index (κ3) is 2.17. The lowest BCUT2D eigenvalue weighted by Gasteiger charge is -2.39. The van der Waals surface area contributed by atoms with Crippen molar-refractivity contribution in [2.75, 3.05) is 33.3 Å². The van der Waals surface area contributed by atoms with E-state index in [4.69, 9.17) is 5.84 Å². The fourth-order valence-electron chi connectivity index (χ4n) is 1.70. The molecule has 0 amide bonds. The number of hydrazine groups is 1. The number of aliphatic hydroxyl groups excluding tert-OH is 1. The summed E-state index contributed by atoms with van der Waals surface area (Å²) in [6.07, 6.45) is 2.06. The Balaban J connectivity index is 2.45. The van der Waals surface area contributed by atoms with Gasteiger partial charge in [0.2, 0.25) is 0 Å². The number of nitrogens with zero attached hydrogens (tertiary/aromatic N) is 1. The van der Waals surface area contributed by atoms with E-state index in [1.807, 2.05) is 0 Å². The van der Waals surface area contributed by atoms with Gasteiger partial charge < -0.3 is 10.0 Å². The van der Waals surface area contributed by atoms with Crippen molar-refractivity contribution in [1.82, 2.24) is 10.3 Å². The van der Waals surface area contributed by atoms with Crippen LogP contribution in [0.1, 0.15) is 12.8 Å². The Kier molecular flexibility index (Phi) is 3.46. The second-order valence-electron chi connectivity index (χ2n) is 3.84. The summed E-state index contributed by atoms with van der Waals surface area (Å²) >= 11 is 0. The number of hydrogen-bond donors (Lipinski definition) is 3.